The van der Waals surface area contributed by atoms with Crippen molar-refractivity contribution in [2.45, 2.75) is 38.5 Å². The van der Waals surface area contributed by atoms with Crippen LogP contribution in [0.2, 0.25) is 0 Å². The number of carbonyl (C=O) groups excluding carboxylic acids is 1. The van der Waals surface area contributed by atoms with Gasteiger partial charge in [-0.3, -0.25) is 4.79 Å². The molecule has 138 valence electrons. The van der Waals surface area contributed by atoms with Crippen LogP contribution in [0.15, 0.2) is 41.1 Å². The van der Waals surface area contributed by atoms with E-state index in [1.54, 1.807) is 11.3 Å². The molecule has 3 aromatic heterocycles. The summed E-state index contributed by atoms with van der Waals surface area (Å²) < 4.78 is 27.0. The minimum atomic E-state index is -3.47. The number of sulfone groups is 1. The number of aryl methyl sites for hydroxylation is 2. The summed E-state index contributed by atoms with van der Waals surface area (Å²) in [7, 11) is -3.47. The number of rotatable bonds is 7. The van der Waals surface area contributed by atoms with Gasteiger partial charge < -0.3 is 9.13 Å². The van der Waals surface area contributed by atoms with Crippen molar-refractivity contribution in [1.82, 2.24) is 14.1 Å². The summed E-state index contributed by atoms with van der Waals surface area (Å²) in [6, 6.07) is 6.02. The van der Waals surface area contributed by atoms with Gasteiger partial charge in [0.15, 0.2) is 5.78 Å². The van der Waals surface area contributed by atoms with Crippen LogP contribution in [0.4, 0.5) is 0 Å². The summed E-state index contributed by atoms with van der Waals surface area (Å²) in [5.41, 5.74) is 2.56. The Morgan fingerprint density at radius 2 is 2.08 bits per heavy atom. The molecule has 0 aliphatic rings. The SMILES string of the molecule is Cc1cc(C(=O)Cn2ccnc2S(C)(=O)=O)c(C)n1CCc1cccs1. The molecule has 0 fully saturated rings. The summed E-state index contributed by atoms with van der Waals surface area (Å²) in [6.45, 7) is 4.68. The van der Waals surface area contributed by atoms with Crippen molar-refractivity contribution in [3.8, 4) is 0 Å². The summed E-state index contributed by atoms with van der Waals surface area (Å²) in [6.07, 6.45) is 4.92. The first kappa shape index (κ1) is 18.6. The number of ketones is 1. The van der Waals surface area contributed by atoms with E-state index in [1.165, 1.54) is 21.8 Å². The number of carbonyl (C=O) groups is 1. The quantitative estimate of drug-likeness (QED) is 0.581. The molecule has 0 aromatic carbocycles. The number of hydrogen-bond donors (Lipinski definition) is 0. The van der Waals surface area contributed by atoms with E-state index in [-0.39, 0.29) is 17.5 Å². The lowest BCUT2D eigenvalue weighted by molar-refractivity contribution is 0.0968. The van der Waals surface area contributed by atoms with E-state index in [4.69, 9.17) is 0 Å². The minimum absolute atomic E-state index is 0.0440. The molecule has 0 aliphatic carbocycles. The van der Waals surface area contributed by atoms with Gasteiger partial charge in [0.05, 0.1) is 6.54 Å². The third-order valence-corrected chi connectivity index (χ3v) is 6.30. The third kappa shape index (κ3) is 3.81. The monoisotopic (exact) mass is 391 g/mol. The van der Waals surface area contributed by atoms with Gasteiger partial charge in [-0.25, -0.2) is 13.4 Å². The van der Waals surface area contributed by atoms with Crippen LogP contribution in [0.5, 0.6) is 0 Å². The zero-order valence-corrected chi connectivity index (χ0v) is 16.6. The molecule has 0 atom stereocenters. The van der Waals surface area contributed by atoms with Crippen LogP contribution in [0.1, 0.15) is 26.6 Å². The fourth-order valence-electron chi connectivity index (χ4n) is 3.09. The van der Waals surface area contributed by atoms with Crippen molar-refractivity contribution in [1.29, 1.82) is 0 Å². The van der Waals surface area contributed by atoms with Crippen molar-refractivity contribution < 1.29 is 13.2 Å². The largest absolute Gasteiger partial charge is 0.348 e. The van der Waals surface area contributed by atoms with Crippen molar-refractivity contribution in [3.63, 3.8) is 0 Å². The highest BCUT2D eigenvalue weighted by molar-refractivity contribution is 7.90. The maximum atomic E-state index is 12.8. The van der Waals surface area contributed by atoms with Gasteiger partial charge in [0, 0.05) is 47.0 Å². The van der Waals surface area contributed by atoms with Gasteiger partial charge in [-0.1, -0.05) is 6.07 Å². The average molecular weight is 392 g/mol. The van der Waals surface area contributed by atoms with Gasteiger partial charge in [0.2, 0.25) is 15.0 Å². The van der Waals surface area contributed by atoms with Gasteiger partial charge in [-0.2, -0.15) is 0 Å². The fraction of sp³-hybridized carbons (Fsp3) is 0.333. The van der Waals surface area contributed by atoms with E-state index >= 15 is 0 Å². The molecule has 0 N–H and O–H groups in total. The molecule has 0 saturated carbocycles. The normalized spacial score (nSPS) is 11.8. The van der Waals surface area contributed by atoms with Crippen LogP contribution in [-0.4, -0.2) is 34.6 Å². The van der Waals surface area contributed by atoms with Crippen LogP contribution in [0.3, 0.4) is 0 Å². The molecule has 0 bridgehead atoms. The summed E-state index contributed by atoms with van der Waals surface area (Å²) in [4.78, 5) is 17.9. The predicted octanol–water partition coefficient (Wildman–Crippen LogP) is 2.89. The molecular formula is C18H21N3O3S2. The molecule has 8 heteroatoms. The highest BCUT2D eigenvalue weighted by Gasteiger charge is 2.20. The Morgan fingerprint density at radius 1 is 1.31 bits per heavy atom. The Balaban J connectivity index is 1.80. The van der Waals surface area contributed by atoms with Crippen LogP contribution >= 0.6 is 11.3 Å². The van der Waals surface area contributed by atoms with E-state index < -0.39 is 9.84 Å². The van der Waals surface area contributed by atoms with Crippen LogP contribution in [-0.2, 0) is 29.3 Å². The lowest BCUT2D eigenvalue weighted by atomic mass is 10.1. The van der Waals surface area contributed by atoms with E-state index in [0.717, 1.165) is 30.6 Å². The molecule has 0 spiro atoms. The van der Waals surface area contributed by atoms with Crippen molar-refractivity contribution >= 4 is 27.0 Å². The first-order valence-electron chi connectivity index (χ1n) is 8.21. The minimum Gasteiger partial charge on any atom is -0.348 e. The topological polar surface area (TPSA) is 74.0 Å². The highest BCUT2D eigenvalue weighted by Crippen LogP contribution is 2.19. The standard InChI is InChI=1S/C18H21N3O3S2/c1-13-11-16(14(2)21(13)8-6-15-5-4-10-25-15)17(22)12-20-9-7-19-18(20)26(3,23)24/h4-5,7,9-11H,6,8,12H2,1-3H3. The Kier molecular flexibility index (Phi) is 5.15. The number of thiophene rings is 1. The molecule has 3 heterocycles. The molecule has 0 aliphatic heterocycles. The second kappa shape index (κ2) is 7.20. The summed E-state index contributed by atoms with van der Waals surface area (Å²) >= 11 is 1.73. The van der Waals surface area contributed by atoms with Gasteiger partial charge in [-0.15, -0.1) is 11.3 Å². The molecule has 3 aromatic rings. The molecule has 3 rings (SSSR count). The number of aromatic nitrogens is 3. The molecular weight excluding hydrogens is 370 g/mol. The van der Waals surface area contributed by atoms with Crippen LogP contribution in [0.25, 0.3) is 0 Å². The smallest absolute Gasteiger partial charge is 0.227 e. The second-order valence-electron chi connectivity index (χ2n) is 6.30. The van der Waals surface area contributed by atoms with Crippen LogP contribution in [0, 0.1) is 13.8 Å². The molecule has 0 amide bonds. The second-order valence-corrected chi connectivity index (χ2v) is 9.24. The van der Waals surface area contributed by atoms with Gasteiger partial charge >= 0.3 is 0 Å². The molecule has 6 nitrogen and oxygen atoms in total. The maximum Gasteiger partial charge on any atom is 0.227 e. The van der Waals surface area contributed by atoms with Gasteiger partial charge in [0.25, 0.3) is 0 Å². The molecule has 26 heavy (non-hydrogen) atoms. The van der Waals surface area contributed by atoms with Crippen molar-refractivity contribution in [3.05, 3.63) is 57.8 Å². The Bertz CT molecular complexity index is 1030. The number of Topliss-reactive ketones (excluding diaryl/α,β-unsaturated/α-hetero) is 1. The van der Waals surface area contributed by atoms with Gasteiger partial charge in [0.1, 0.15) is 0 Å². The predicted molar refractivity (Wildman–Crippen MR) is 102 cm³/mol. The first-order valence-corrected chi connectivity index (χ1v) is 11.0. The lowest BCUT2D eigenvalue weighted by Gasteiger charge is -2.09. The Labute approximate surface area is 157 Å². The maximum absolute atomic E-state index is 12.8. The Hall–Kier alpha value is -2.19. The van der Waals surface area contributed by atoms with E-state index in [9.17, 15) is 13.2 Å². The van der Waals surface area contributed by atoms with Gasteiger partial charge in [-0.05, 0) is 37.8 Å². The number of nitrogens with zero attached hydrogens (tertiary/aromatic N) is 3. The zero-order valence-electron chi connectivity index (χ0n) is 15.0. The number of hydrogen-bond acceptors (Lipinski definition) is 5. The summed E-state index contributed by atoms with van der Waals surface area (Å²) in [5, 5.41) is 1.97. The van der Waals surface area contributed by atoms with E-state index in [1.807, 2.05) is 26.0 Å². The van der Waals surface area contributed by atoms with Crippen LogP contribution < -0.4 is 0 Å². The van der Waals surface area contributed by atoms with E-state index in [2.05, 4.69) is 21.0 Å². The average Bonchev–Trinajstić information content (AvgIpc) is 3.27. The highest BCUT2D eigenvalue weighted by atomic mass is 32.2. The molecule has 0 saturated heterocycles. The third-order valence-electron chi connectivity index (χ3n) is 4.36. The fourth-order valence-corrected chi connectivity index (χ4v) is 4.59. The molecule has 0 radical (unpaired) electrons. The molecule has 0 unspecified atom stereocenters. The zero-order chi connectivity index (χ0) is 18.9. The lowest BCUT2D eigenvalue weighted by Crippen LogP contribution is -2.16. The van der Waals surface area contributed by atoms with E-state index in [0.29, 0.717) is 5.56 Å². The van der Waals surface area contributed by atoms with Crippen molar-refractivity contribution in [2.75, 3.05) is 6.26 Å². The van der Waals surface area contributed by atoms with Crippen molar-refractivity contribution in [2.24, 2.45) is 0 Å². The summed E-state index contributed by atoms with van der Waals surface area (Å²) in [5.74, 6) is -0.122. The number of imidazole rings is 1. The first-order chi connectivity index (χ1) is 12.3. The Morgan fingerprint density at radius 3 is 2.73 bits per heavy atom.